The molecule has 0 spiro atoms. The van der Waals surface area contributed by atoms with Gasteiger partial charge in [0.2, 0.25) is 5.91 Å². The lowest BCUT2D eigenvalue weighted by Gasteiger charge is -2.57. The Hall–Kier alpha value is -1.83. The van der Waals surface area contributed by atoms with E-state index in [4.69, 9.17) is 16.3 Å². The summed E-state index contributed by atoms with van der Waals surface area (Å²) in [7, 11) is 1.45. The molecule has 4 aliphatic rings. The number of halogens is 1. The van der Waals surface area contributed by atoms with E-state index in [0.29, 0.717) is 30.8 Å². The number of carbonyl (C=O) groups excluding carboxylic acids is 2. The van der Waals surface area contributed by atoms with Crippen LogP contribution in [-0.4, -0.2) is 98.1 Å². The Kier molecular flexibility index (Phi) is 8.39. The Balaban J connectivity index is 1.24. The van der Waals surface area contributed by atoms with Crippen molar-refractivity contribution >= 4 is 29.2 Å². The minimum absolute atomic E-state index is 0.151. The van der Waals surface area contributed by atoms with E-state index in [2.05, 4.69) is 25.7 Å². The normalized spacial score (nSPS) is 29.1. The highest BCUT2D eigenvalue weighted by molar-refractivity contribution is 6.30. The minimum atomic E-state index is -0.151. The molecule has 0 aliphatic carbocycles. The molecule has 1 aromatic rings. The lowest BCUT2D eigenvalue weighted by Crippen LogP contribution is -2.66. The molecule has 4 unspecified atom stereocenters. The fourth-order valence-corrected chi connectivity index (χ4v) is 7.51. The third kappa shape index (κ3) is 5.68. The fourth-order valence-electron chi connectivity index (χ4n) is 7.33. The summed E-state index contributed by atoms with van der Waals surface area (Å²) < 4.78 is 4.88. The highest BCUT2D eigenvalue weighted by Gasteiger charge is 2.49. The number of ether oxygens (including phenoxy) is 1. The van der Waals surface area contributed by atoms with Crippen LogP contribution in [0.25, 0.3) is 0 Å². The van der Waals surface area contributed by atoms with Crippen LogP contribution < -0.4 is 4.90 Å². The van der Waals surface area contributed by atoms with Gasteiger partial charge in [-0.3, -0.25) is 19.4 Å². The van der Waals surface area contributed by atoms with Crippen molar-refractivity contribution in [1.82, 2.24) is 14.7 Å². The summed E-state index contributed by atoms with van der Waals surface area (Å²) in [6.45, 7) is 7.34. The van der Waals surface area contributed by atoms with Gasteiger partial charge in [0.15, 0.2) is 0 Å². The number of rotatable bonds is 7. The summed E-state index contributed by atoms with van der Waals surface area (Å²) >= 11 is 6.19. The monoisotopic (exact) mass is 516 g/mol. The Morgan fingerprint density at radius 3 is 2.58 bits per heavy atom. The first-order chi connectivity index (χ1) is 17.5. The number of anilines is 1. The highest BCUT2D eigenvalue weighted by Crippen LogP contribution is 2.43. The predicted octanol–water partition coefficient (Wildman–Crippen LogP) is 3.51. The van der Waals surface area contributed by atoms with E-state index in [9.17, 15) is 9.59 Å². The molecule has 7 nitrogen and oxygen atoms in total. The molecule has 0 saturated carbocycles. The van der Waals surface area contributed by atoms with Crippen molar-refractivity contribution in [3.63, 3.8) is 0 Å². The van der Waals surface area contributed by atoms with Crippen LogP contribution in [0.15, 0.2) is 24.3 Å². The third-order valence-corrected chi connectivity index (χ3v) is 9.24. The number of likely N-dealkylation sites (tertiary alicyclic amines) is 1. The van der Waals surface area contributed by atoms with Gasteiger partial charge in [-0.25, -0.2) is 0 Å². The summed E-state index contributed by atoms with van der Waals surface area (Å²) in [5.74, 6) is 1.24. The SMILES string of the molecule is COC(=O)CCCC1C2CCCN3CCCC(CN1C(=O)CN1CCN(c4cccc(Cl)c4)CC1)C23. The molecule has 1 aromatic carbocycles. The molecule has 0 N–H and O–H groups in total. The van der Waals surface area contributed by atoms with Gasteiger partial charge in [-0.05, 0) is 81.6 Å². The zero-order chi connectivity index (χ0) is 25.1. The molecule has 4 heterocycles. The Morgan fingerprint density at radius 1 is 1.06 bits per heavy atom. The first kappa shape index (κ1) is 25.8. The summed E-state index contributed by atoms with van der Waals surface area (Å²) in [6.07, 6.45) is 7.00. The van der Waals surface area contributed by atoms with E-state index in [1.165, 1.54) is 45.9 Å². The predicted molar refractivity (Wildman–Crippen MR) is 142 cm³/mol. The van der Waals surface area contributed by atoms with Gasteiger partial charge in [0.1, 0.15) is 0 Å². The summed E-state index contributed by atoms with van der Waals surface area (Å²) in [4.78, 5) is 35.2. The van der Waals surface area contributed by atoms with E-state index in [0.717, 1.165) is 56.3 Å². The van der Waals surface area contributed by atoms with Crippen LogP contribution in [0.3, 0.4) is 0 Å². The van der Waals surface area contributed by atoms with Gasteiger partial charge in [-0.1, -0.05) is 17.7 Å². The summed E-state index contributed by atoms with van der Waals surface area (Å²) in [6, 6.07) is 8.87. The molecule has 1 amide bonds. The molecule has 0 aromatic heterocycles. The highest BCUT2D eigenvalue weighted by atomic mass is 35.5. The van der Waals surface area contributed by atoms with Crippen molar-refractivity contribution in [2.24, 2.45) is 11.8 Å². The fraction of sp³-hybridized carbons (Fsp3) is 0.714. The van der Waals surface area contributed by atoms with Gasteiger partial charge >= 0.3 is 5.97 Å². The number of piperazine rings is 1. The second kappa shape index (κ2) is 11.7. The number of methoxy groups -OCH3 is 1. The quantitative estimate of drug-likeness (QED) is 0.517. The summed E-state index contributed by atoms with van der Waals surface area (Å²) in [5.41, 5.74) is 1.15. The van der Waals surface area contributed by atoms with E-state index in [1.54, 1.807) is 0 Å². The number of hydrogen-bond acceptors (Lipinski definition) is 6. The number of piperidine rings is 3. The van der Waals surface area contributed by atoms with Crippen molar-refractivity contribution in [1.29, 1.82) is 0 Å². The number of benzene rings is 1. The average molecular weight is 517 g/mol. The molecule has 4 aliphatic heterocycles. The molecule has 4 fully saturated rings. The Labute approximate surface area is 220 Å². The molecule has 5 rings (SSSR count). The topological polar surface area (TPSA) is 56.3 Å². The van der Waals surface area contributed by atoms with Gasteiger partial charge in [-0.15, -0.1) is 0 Å². The third-order valence-electron chi connectivity index (χ3n) is 9.01. The molecule has 8 heteroatoms. The maximum atomic E-state index is 13.8. The lowest BCUT2D eigenvalue weighted by molar-refractivity contribution is -0.147. The standard InChI is InChI=1S/C28H41ClN4O3/c1-36-27(35)11-3-10-25-24-9-5-13-32-12-4-6-21(28(24)32)19-33(25)26(34)20-30-14-16-31(17-15-30)23-8-2-7-22(29)18-23/h2,7-8,18,21,24-25,28H,3-6,9-17,19-20H2,1H3. The van der Waals surface area contributed by atoms with Crippen molar-refractivity contribution < 1.29 is 14.3 Å². The molecule has 4 saturated heterocycles. The van der Waals surface area contributed by atoms with Gasteiger partial charge < -0.3 is 14.5 Å². The lowest BCUT2D eigenvalue weighted by atomic mass is 9.69. The Bertz CT molecular complexity index is 920. The van der Waals surface area contributed by atoms with Crippen molar-refractivity contribution in [2.75, 3.05) is 64.4 Å². The van der Waals surface area contributed by atoms with Gasteiger partial charge in [0.25, 0.3) is 0 Å². The van der Waals surface area contributed by atoms with Crippen LogP contribution in [0.4, 0.5) is 5.69 Å². The van der Waals surface area contributed by atoms with Crippen molar-refractivity contribution in [3.05, 3.63) is 29.3 Å². The number of amides is 1. The van der Waals surface area contributed by atoms with E-state index < -0.39 is 0 Å². The Morgan fingerprint density at radius 2 is 1.83 bits per heavy atom. The van der Waals surface area contributed by atoms with Crippen LogP contribution in [0, 0.1) is 11.8 Å². The zero-order valence-corrected chi connectivity index (χ0v) is 22.4. The zero-order valence-electron chi connectivity index (χ0n) is 21.6. The molecule has 0 bridgehead atoms. The van der Waals surface area contributed by atoms with E-state index in [1.807, 2.05) is 18.2 Å². The molecule has 0 radical (unpaired) electrons. The van der Waals surface area contributed by atoms with Crippen molar-refractivity contribution in [2.45, 2.75) is 57.0 Å². The molecular formula is C28H41ClN4O3. The number of nitrogens with zero attached hydrogens (tertiary/aromatic N) is 4. The van der Waals surface area contributed by atoms with Gasteiger partial charge in [0.05, 0.1) is 13.7 Å². The first-order valence-corrected chi connectivity index (χ1v) is 14.2. The van der Waals surface area contributed by atoms with Gasteiger partial charge in [0, 0.05) is 61.9 Å². The maximum absolute atomic E-state index is 13.8. The first-order valence-electron chi connectivity index (χ1n) is 13.9. The second-order valence-corrected chi connectivity index (χ2v) is 11.5. The van der Waals surface area contributed by atoms with Crippen LogP contribution in [-0.2, 0) is 14.3 Å². The number of carbonyl (C=O) groups is 2. The van der Waals surface area contributed by atoms with E-state index in [-0.39, 0.29) is 17.9 Å². The van der Waals surface area contributed by atoms with Crippen LogP contribution >= 0.6 is 11.6 Å². The summed E-state index contributed by atoms with van der Waals surface area (Å²) in [5, 5.41) is 0.760. The molecular weight excluding hydrogens is 476 g/mol. The van der Waals surface area contributed by atoms with Gasteiger partial charge in [-0.2, -0.15) is 0 Å². The molecule has 198 valence electrons. The molecule has 4 atom stereocenters. The average Bonchev–Trinajstić information content (AvgIpc) is 2.90. The van der Waals surface area contributed by atoms with Crippen LogP contribution in [0.1, 0.15) is 44.9 Å². The number of esters is 1. The largest absolute Gasteiger partial charge is 0.469 e. The molecule has 36 heavy (non-hydrogen) atoms. The second-order valence-electron chi connectivity index (χ2n) is 11.1. The smallest absolute Gasteiger partial charge is 0.305 e. The van der Waals surface area contributed by atoms with E-state index >= 15 is 0 Å². The minimum Gasteiger partial charge on any atom is -0.469 e. The van der Waals surface area contributed by atoms with Crippen LogP contribution in [0.5, 0.6) is 0 Å². The number of hydrogen-bond donors (Lipinski definition) is 0. The van der Waals surface area contributed by atoms with Crippen molar-refractivity contribution in [3.8, 4) is 0 Å². The van der Waals surface area contributed by atoms with Crippen LogP contribution in [0.2, 0.25) is 5.02 Å². The maximum Gasteiger partial charge on any atom is 0.305 e.